The minimum Gasteiger partial charge on any atom is -0.492 e. The van der Waals surface area contributed by atoms with Crippen LogP contribution in [0.2, 0.25) is 5.02 Å². The van der Waals surface area contributed by atoms with Gasteiger partial charge in [-0.2, -0.15) is 5.26 Å². The number of ether oxygens (including phenoxy) is 1. The SMILES string of the molecule is N#CCCCOc1ccc(-c2ccccc2)cc1Cl. The molecule has 0 radical (unpaired) electrons. The second-order valence-corrected chi connectivity index (χ2v) is 4.53. The van der Waals surface area contributed by atoms with E-state index in [1.165, 1.54) is 0 Å². The fourth-order valence-corrected chi connectivity index (χ4v) is 2.00. The van der Waals surface area contributed by atoms with E-state index in [1.807, 2.05) is 48.5 Å². The third-order valence-electron chi connectivity index (χ3n) is 2.73. The Bertz CT molecular complexity index is 575. The van der Waals surface area contributed by atoms with Crippen LogP contribution in [0.5, 0.6) is 5.75 Å². The molecule has 19 heavy (non-hydrogen) atoms. The molecule has 96 valence electrons. The molecule has 2 rings (SSSR count). The van der Waals surface area contributed by atoms with Crippen LogP contribution in [-0.2, 0) is 0 Å². The second-order valence-electron chi connectivity index (χ2n) is 4.12. The topological polar surface area (TPSA) is 33.0 Å². The van der Waals surface area contributed by atoms with Gasteiger partial charge in [-0.05, 0) is 29.7 Å². The van der Waals surface area contributed by atoms with E-state index in [0.29, 0.717) is 30.2 Å². The molecular formula is C16H14ClNO. The van der Waals surface area contributed by atoms with Crippen LogP contribution >= 0.6 is 11.6 Å². The van der Waals surface area contributed by atoms with E-state index < -0.39 is 0 Å². The van der Waals surface area contributed by atoms with Crippen molar-refractivity contribution in [2.45, 2.75) is 12.8 Å². The number of rotatable bonds is 5. The maximum atomic E-state index is 8.45. The van der Waals surface area contributed by atoms with Crippen molar-refractivity contribution in [3.8, 4) is 22.9 Å². The highest BCUT2D eigenvalue weighted by Gasteiger charge is 2.04. The third kappa shape index (κ3) is 3.74. The number of nitrogens with zero attached hydrogens (tertiary/aromatic N) is 1. The molecule has 0 bridgehead atoms. The number of hydrogen-bond acceptors (Lipinski definition) is 2. The summed E-state index contributed by atoms with van der Waals surface area (Å²) in [4.78, 5) is 0. The summed E-state index contributed by atoms with van der Waals surface area (Å²) in [5.41, 5.74) is 2.19. The predicted molar refractivity (Wildman–Crippen MR) is 77.2 cm³/mol. The largest absolute Gasteiger partial charge is 0.492 e. The van der Waals surface area contributed by atoms with Crippen LogP contribution in [-0.4, -0.2) is 6.61 Å². The lowest BCUT2D eigenvalue weighted by Gasteiger charge is -2.09. The molecule has 3 heteroatoms. The van der Waals surface area contributed by atoms with Crippen molar-refractivity contribution in [1.29, 1.82) is 5.26 Å². The van der Waals surface area contributed by atoms with E-state index in [2.05, 4.69) is 6.07 Å². The lowest BCUT2D eigenvalue weighted by Crippen LogP contribution is -1.97. The molecule has 2 aromatic carbocycles. The van der Waals surface area contributed by atoms with Gasteiger partial charge in [0.15, 0.2) is 0 Å². The van der Waals surface area contributed by atoms with Crippen molar-refractivity contribution in [1.82, 2.24) is 0 Å². The van der Waals surface area contributed by atoms with Gasteiger partial charge < -0.3 is 4.74 Å². The van der Waals surface area contributed by atoms with Gasteiger partial charge in [0.2, 0.25) is 0 Å². The highest BCUT2D eigenvalue weighted by Crippen LogP contribution is 2.30. The molecule has 0 saturated heterocycles. The summed E-state index contributed by atoms with van der Waals surface area (Å²) in [6.07, 6.45) is 1.22. The number of hydrogen-bond donors (Lipinski definition) is 0. The Kier molecular flexibility index (Phi) is 4.83. The monoisotopic (exact) mass is 271 g/mol. The lowest BCUT2D eigenvalue weighted by molar-refractivity contribution is 0.313. The Morgan fingerprint density at radius 1 is 1.05 bits per heavy atom. The molecule has 0 heterocycles. The minimum atomic E-state index is 0.500. The van der Waals surface area contributed by atoms with Crippen molar-refractivity contribution >= 4 is 11.6 Å². The van der Waals surface area contributed by atoms with Gasteiger partial charge in [0, 0.05) is 6.42 Å². The lowest BCUT2D eigenvalue weighted by atomic mass is 10.1. The van der Waals surface area contributed by atoms with Crippen LogP contribution in [0.25, 0.3) is 11.1 Å². The number of benzene rings is 2. The Balaban J connectivity index is 2.08. The summed E-state index contributed by atoms with van der Waals surface area (Å²) in [5.74, 6) is 0.666. The molecule has 0 aliphatic carbocycles. The van der Waals surface area contributed by atoms with Crippen LogP contribution in [0.3, 0.4) is 0 Å². The molecule has 0 spiro atoms. The average molecular weight is 272 g/mol. The van der Waals surface area contributed by atoms with Gasteiger partial charge in [0.05, 0.1) is 17.7 Å². The zero-order chi connectivity index (χ0) is 13.5. The second kappa shape index (κ2) is 6.82. The first-order valence-electron chi connectivity index (χ1n) is 6.16. The number of halogens is 1. The zero-order valence-corrected chi connectivity index (χ0v) is 11.2. The van der Waals surface area contributed by atoms with Crippen molar-refractivity contribution in [2.24, 2.45) is 0 Å². The Morgan fingerprint density at radius 2 is 1.84 bits per heavy atom. The van der Waals surface area contributed by atoms with Gasteiger partial charge in [-0.3, -0.25) is 0 Å². The zero-order valence-electron chi connectivity index (χ0n) is 10.5. The van der Waals surface area contributed by atoms with Crippen LogP contribution < -0.4 is 4.74 Å². The molecule has 0 atom stereocenters. The van der Waals surface area contributed by atoms with Gasteiger partial charge in [0.1, 0.15) is 5.75 Å². The predicted octanol–water partition coefficient (Wildman–Crippen LogP) is 4.69. The Hall–Kier alpha value is -1.98. The summed E-state index contributed by atoms with van der Waals surface area (Å²) >= 11 is 6.20. The molecule has 2 aromatic rings. The maximum Gasteiger partial charge on any atom is 0.137 e. The highest BCUT2D eigenvalue weighted by atomic mass is 35.5. The molecule has 0 unspecified atom stereocenters. The molecule has 0 aliphatic rings. The molecule has 0 saturated carbocycles. The standard InChI is InChI=1S/C16H14ClNO/c17-15-12-14(13-6-2-1-3-7-13)8-9-16(15)19-11-5-4-10-18/h1-3,6-9,12H,4-5,11H2. The maximum absolute atomic E-state index is 8.45. The first-order chi connectivity index (χ1) is 9.31. The fraction of sp³-hybridized carbons (Fsp3) is 0.188. The summed E-state index contributed by atoms with van der Waals surface area (Å²) in [6.45, 7) is 0.512. The van der Waals surface area contributed by atoms with Crippen molar-refractivity contribution in [2.75, 3.05) is 6.61 Å². The van der Waals surface area contributed by atoms with E-state index in [4.69, 9.17) is 21.6 Å². The minimum absolute atomic E-state index is 0.500. The fourth-order valence-electron chi connectivity index (χ4n) is 1.76. The van der Waals surface area contributed by atoms with E-state index in [9.17, 15) is 0 Å². The molecule has 0 amide bonds. The van der Waals surface area contributed by atoms with Crippen LogP contribution in [0.15, 0.2) is 48.5 Å². The van der Waals surface area contributed by atoms with E-state index in [1.54, 1.807) is 0 Å². The molecular weight excluding hydrogens is 258 g/mol. The van der Waals surface area contributed by atoms with Crippen molar-refractivity contribution in [3.05, 3.63) is 53.6 Å². The molecule has 0 aliphatic heterocycles. The van der Waals surface area contributed by atoms with Gasteiger partial charge in [0.25, 0.3) is 0 Å². The normalized spacial score (nSPS) is 9.89. The average Bonchev–Trinajstić information content (AvgIpc) is 2.46. The van der Waals surface area contributed by atoms with E-state index >= 15 is 0 Å². The van der Waals surface area contributed by atoms with Gasteiger partial charge in [-0.25, -0.2) is 0 Å². The summed E-state index contributed by atoms with van der Waals surface area (Å²) < 4.78 is 5.55. The summed E-state index contributed by atoms with van der Waals surface area (Å²) in [5, 5.41) is 9.04. The van der Waals surface area contributed by atoms with Crippen LogP contribution in [0.1, 0.15) is 12.8 Å². The van der Waals surface area contributed by atoms with E-state index in [0.717, 1.165) is 11.1 Å². The quantitative estimate of drug-likeness (QED) is 0.739. The molecule has 0 aromatic heterocycles. The summed E-state index contributed by atoms with van der Waals surface area (Å²) in [7, 11) is 0. The molecule has 0 fully saturated rings. The van der Waals surface area contributed by atoms with Gasteiger partial charge in [-0.15, -0.1) is 0 Å². The van der Waals surface area contributed by atoms with Gasteiger partial charge >= 0.3 is 0 Å². The third-order valence-corrected chi connectivity index (χ3v) is 3.02. The smallest absolute Gasteiger partial charge is 0.137 e. The Labute approximate surface area is 118 Å². The highest BCUT2D eigenvalue weighted by molar-refractivity contribution is 6.32. The van der Waals surface area contributed by atoms with E-state index in [-0.39, 0.29) is 0 Å². The first-order valence-corrected chi connectivity index (χ1v) is 6.54. The van der Waals surface area contributed by atoms with Crippen molar-refractivity contribution in [3.63, 3.8) is 0 Å². The Morgan fingerprint density at radius 3 is 2.53 bits per heavy atom. The molecule has 0 N–H and O–H groups in total. The number of nitriles is 1. The van der Waals surface area contributed by atoms with Crippen molar-refractivity contribution < 1.29 is 4.74 Å². The first kappa shape index (κ1) is 13.5. The molecule has 2 nitrogen and oxygen atoms in total. The van der Waals surface area contributed by atoms with Crippen LogP contribution in [0.4, 0.5) is 0 Å². The summed E-state index contributed by atoms with van der Waals surface area (Å²) in [6, 6.07) is 17.9. The number of unbranched alkanes of at least 4 members (excludes halogenated alkanes) is 1. The van der Waals surface area contributed by atoms with Crippen LogP contribution in [0, 0.1) is 11.3 Å². The van der Waals surface area contributed by atoms with Gasteiger partial charge in [-0.1, -0.05) is 48.0 Å².